The van der Waals surface area contributed by atoms with E-state index in [4.69, 9.17) is 9.47 Å². The summed E-state index contributed by atoms with van der Waals surface area (Å²) in [5.41, 5.74) is 6.14. The van der Waals surface area contributed by atoms with Crippen LogP contribution in [0, 0.1) is 13.8 Å². The predicted octanol–water partition coefficient (Wildman–Crippen LogP) is 6.62. The summed E-state index contributed by atoms with van der Waals surface area (Å²) in [6.45, 7) is 4.19. The molecule has 4 heteroatoms. The fourth-order valence-corrected chi connectivity index (χ4v) is 4.82. The number of para-hydroxylation sites is 2. The smallest absolute Gasteiger partial charge is 0.340 e. The number of aryl methyl sites for hydroxylation is 1. The molecule has 4 nitrogen and oxygen atoms in total. The zero-order valence-corrected chi connectivity index (χ0v) is 17.8. The highest BCUT2D eigenvalue weighted by Crippen LogP contribution is 2.57. The van der Waals surface area contributed by atoms with Gasteiger partial charge < -0.3 is 14.8 Å². The maximum Gasteiger partial charge on any atom is 0.340 e. The average molecular weight is 419 g/mol. The Bertz CT molecular complexity index is 1360. The highest BCUT2D eigenvalue weighted by molar-refractivity contribution is 5.99. The highest BCUT2D eigenvalue weighted by Gasteiger charge is 2.54. The first-order valence-corrected chi connectivity index (χ1v) is 10.7. The van der Waals surface area contributed by atoms with Crippen molar-refractivity contribution in [3.63, 3.8) is 0 Å². The Morgan fingerprint density at radius 2 is 1.34 bits per heavy atom. The number of benzene rings is 4. The quantitative estimate of drug-likeness (QED) is 0.371. The summed E-state index contributed by atoms with van der Waals surface area (Å²) in [5.74, 6) is 1.04. The van der Waals surface area contributed by atoms with Gasteiger partial charge in [0.25, 0.3) is 0 Å². The normalized spacial score (nSPS) is 14.8. The molecule has 0 saturated carbocycles. The Labute approximate surface area is 186 Å². The molecule has 0 unspecified atom stereocenters. The molecule has 0 aromatic heterocycles. The van der Waals surface area contributed by atoms with Crippen molar-refractivity contribution in [2.45, 2.75) is 19.4 Å². The molecule has 0 amide bonds. The number of anilines is 2. The highest BCUT2D eigenvalue weighted by atomic mass is 16.6. The molecule has 1 N–H and O–H groups in total. The number of hydrogen-bond acceptors (Lipinski definition) is 4. The number of nitrogens with one attached hydrogen (secondary N) is 1. The van der Waals surface area contributed by atoms with Gasteiger partial charge in [-0.3, -0.25) is 0 Å². The van der Waals surface area contributed by atoms with Gasteiger partial charge in [-0.1, -0.05) is 54.6 Å². The molecule has 0 radical (unpaired) electrons. The summed E-state index contributed by atoms with van der Waals surface area (Å²) in [4.78, 5) is 13.2. The van der Waals surface area contributed by atoms with Crippen molar-refractivity contribution in [1.29, 1.82) is 0 Å². The molecule has 2 aliphatic heterocycles. The largest absolute Gasteiger partial charge is 0.456 e. The molecular weight excluding hydrogens is 398 g/mol. The molecule has 4 aromatic rings. The lowest BCUT2D eigenvalue weighted by Gasteiger charge is -2.37. The molecule has 0 fully saturated rings. The molecule has 6 rings (SSSR count). The van der Waals surface area contributed by atoms with Gasteiger partial charge in [0, 0.05) is 28.1 Å². The van der Waals surface area contributed by atoms with Crippen molar-refractivity contribution in [1.82, 2.24) is 0 Å². The molecule has 0 bridgehead atoms. The van der Waals surface area contributed by atoms with E-state index in [9.17, 15) is 4.79 Å². The van der Waals surface area contributed by atoms with E-state index in [-0.39, 0.29) is 5.97 Å². The molecule has 4 aromatic carbocycles. The van der Waals surface area contributed by atoms with E-state index in [2.05, 4.69) is 31.3 Å². The van der Waals surface area contributed by atoms with E-state index >= 15 is 0 Å². The molecular formula is C28H21NO3. The molecule has 1 spiro atoms. The molecule has 2 aliphatic rings. The van der Waals surface area contributed by atoms with E-state index in [1.807, 2.05) is 72.8 Å². The van der Waals surface area contributed by atoms with E-state index < -0.39 is 5.60 Å². The van der Waals surface area contributed by atoms with Crippen molar-refractivity contribution < 1.29 is 14.3 Å². The molecule has 32 heavy (non-hydrogen) atoms. The average Bonchev–Trinajstić information content (AvgIpc) is 3.11. The maximum absolute atomic E-state index is 13.2. The van der Waals surface area contributed by atoms with Crippen molar-refractivity contribution in [3.8, 4) is 11.5 Å². The van der Waals surface area contributed by atoms with E-state index in [0.29, 0.717) is 17.1 Å². The fraction of sp³-hybridized carbons (Fsp3) is 0.107. The third-order valence-electron chi connectivity index (χ3n) is 6.51. The zero-order chi connectivity index (χ0) is 21.9. The number of carbonyl (C=O) groups is 1. The number of carbonyl (C=O) groups excluding carboxylic acids is 1. The van der Waals surface area contributed by atoms with Gasteiger partial charge in [-0.25, -0.2) is 4.79 Å². The van der Waals surface area contributed by atoms with Gasteiger partial charge in [-0.2, -0.15) is 0 Å². The molecule has 156 valence electrons. The van der Waals surface area contributed by atoms with Gasteiger partial charge in [-0.05, 0) is 55.3 Å². The summed E-state index contributed by atoms with van der Waals surface area (Å²) in [6, 6.07) is 27.4. The van der Waals surface area contributed by atoms with Crippen LogP contribution >= 0.6 is 0 Å². The Balaban J connectivity index is 1.65. The van der Waals surface area contributed by atoms with Crippen molar-refractivity contribution in [2.24, 2.45) is 0 Å². The second-order valence-corrected chi connectivity index (χ2v) is 8.27. The Morgan fingerprint density at radius 3 is 2.06 bits per heavy atom. The first-order chi connectivity index (χ1) is 15.6. The van der Waals surface area contributed by atoms with E-state index in [1.54, 1.807) is 0 Å². The van der Waals surface area contributed by atoms with Gasteiger partial charge in [0.05, 0.1) is 5.56 Å². The summed E-state index contributed by atoms with van der Waals surface area (Å²) >= 11 is 0. The van der Waals surface area contributed by atoms with Gasteiger partial charge in [-0.15, -0.1) is 0 Å². The maximum atomic E-state index is 13.2. The van der Waals surface area contributed by atoms with Gasteiger partial charge in [0.1, 0.15) is 11.5 Å². The lowest BCUT2D eigenvalue weighted by molar-refractivity contribution is 0.0226. The van der Waals surface area contributed by atoms with Crippen LogP contribution in [-0.4, -0.2) is 5.97 Å². The van der Waals surface area contributed by atoms with Crippen LogP contribution in [0.4, 0.5) is 11.4 Å². The van der Waals surface area contributed by atoms with Crippen LogP contribution in [0.1, 0.15) is 38.2 Å². The fourth-order valence-electron chi connectivity index (χ4n) is 4.82. The second-order valence-electron chi connectivity index (χ2n) is 8.27. The number of esters is 1. The molecule has 2 heterocycles. The summed E-state index contributed by atoms with van der Waals surface area (Å²) in [5, 5.41) is 3.59. The van der Waals surface area contributed by atoms with Crippen molar-refractivity contribution >= 4 is 17.3 Å². The van der Waals surface area contributed by atoms with Gasteiger partial charge in [0.2, 0.25) is 0 Å². The topological polar surface area (TPSA) is 47.6 Å². The second kappa shape index (κ2) is 6.72. The molecule has 0 saturated heterocycles. The Hall–Kier alpha value is -4.05. The minimum absolute atomic E-state index is 0.337. The van der Waals surface area contributed by atoms with Crippen LogP contribution in [0.5, 0.6) is 11.5 Å². The lowest BCUT2D eigenvalue weighted by atomic mass is 9.77. The van der Waals surface area contributed by atoms with Crippen LogP contribution in [0.2, 0.25) is 0 Å². The zero-order valence-electron chi connectivity index (χ0n) is 17.8. The van der Waals surface area contributed by atoms with E-state index in [1.165, 1.54) is 5.56 Å². The van der Waals surface area contributed by atoms with Gasteiger partial charge >= 0.3 is 5.97 Å². The first-order valence-electron chi connectivity index (χ1n) is 10.7. The number of rotatable bonds is 2. The monoisotopic (exact) mass is 419 g/mol. The van der Waals surface area contributed by atoms with Crippen LogP contribution in [0.3, 0.4) is 0 Å². The lowest BCUT2D eigenvalue weighted by Crippen LogP contribution is -2.33. The molecule has 0 aliphatic carbocycles. The minimum Gasteiger partial charge on any atom is -0.456 e. The standard InChI is InChI=1S/C28H21NO3/c1-17-9-7-13-22(18(17)2)29-23-14-8-10-19-26(23)28(32-27(19)30)20-11-3-5-15-24(20)31-25-16-6-4-12-21(25)28/h3-16,29H,1-2H3. The summed E-state index contributed by atoms with van der Waals surface area (Å²) in [6.07, 6.45) is 0. The number of ether oxygens (including phenoxy) is 2. The Kier molecular flexibility index (Phi) is 3.93. The number of hydrogen-bond donors (Lipinski definition) is 1. The van der Waals surface area contributed by atoms with Crippen molar-refractivity contribution in [3.05, 3.63) is 118 Å². The first kappa shape index (κ1) is 18.7. The van der Waals surface area contributed by atoms with Crippen LogP contribution in [0.15, 0.2) is 84.9 Å². The third-order valence-corrected chi connectivity index (χ3v) is 6.51. The Morgan fingerprint density at radius 1 is 0.719 bits per heavy atom. The van der Waals surface area contributed by atoms with E-state index in [0.717, 1.165) is 33.6 Å². The summed E-state index contributed by atoms with van der Waals surface area (Å²) < 4.78 is 12.5. The van der Waals surface area contributed by atoms with Crippen LogP contribution < -0.4 is 10.1 Å². The molecule has 0 atom stereocenters. The minimum atomic E-state index is -1.08. The van der Waals surface area contributed by atoms with Crippen LogP contribution in [-0.2, 0) is 10.3 Å². The SMILES string of the molecule is Cc1cccc(Nc2cccc3c2C2(OC3=O)c3ccccc3Oc3ccccc32)c1C. The van der Waals surface area contributed by atoms with Crippen molar-refractivity contribution in [2.75, 3.05) is 5.32 Å². The predicted molar refractivity (Wildman–Crippen MR) is 124 cm³/mol. The number of fused-ring (bicyclic) bond motifs is 6. The third kappa shape index (κ3) is 2.47. The summed E-state index contributed by atoms with van der Waals surface area (Å²) in [7, 11) is 0. The van der Waals surface area contributed by atoms with Crippen LogP contribution in [0.25, 0.3) is 0 Å². The van der Waals surface area contributed by atoms with Gasteiger partial charge in [0.15, 0.2) is 5.60 Å².